The van der Waals surface area contributed by atoms with Gasteiger partial charge in [0.15, 0.2) is 6.61 Å². The summed E-state index contributed by atoms with van der Waals surface area (Å²) in [5, 5.41) is 14.4. The van der Waals surface area contributed by atoms with Crippen molar-refractivity contribution in [3.05, 3.63) is 82.2 Å². The predicted molar refractivity (Wildman–Crippen MR) is 95.9 cm³/mol. The van der Waals surface area contributed by atoms with Gasteiger partial charge in [0, 0.05) is 12.1 Å². The van der Waals surface area contributed by atoms with E-state index in [-0.39, 0.29) is 11.4 Å². The molecular weight excluding hydrogens is 355 g/mol. The van der Waals surface area contributed by atoms with E-state index in [0.29, 0.717) is 10.9 Å². The summed E-state index contributed by atoms with van der Waals surface area (Å²) in [4.78, 5) is 34.2. The number of nitrogens with one attached hydrogen (secondary N) is 1. The molecular formula is C19H13FN2O5. The summed E-state index contributed by atoms with van der Waals surface area (Å²) in [7, 11) is 0. The summed E-state index contributed by atoms with van der Waals surface area (Å²) in [6.45, 7) is -0.663. The van der Waals surface area contributed by atoms with E-state index in [9.17, 15) is 24.1 Å². The Morgan fingerprint density at radius 1 is 1.07 bits per heavy atom. The summed E-state index contributed by atoms with van der Waals surface area (Å²) in [5.41, 5.74) is -0.447. The van der Waals surface area contributed by atoms with Gasteiger partial charge in [0.05, 0.1) is 16.2 Å². The maximum absolute atomic E-state index is 13.7. The van der Waals surface area contributed by atoms with Crippen LogP contribution >= 0.6 is 0 Å². The van der Waals surface area contributed by atoms with Gasteiger partial charge >= 0.3 is 5.97 Å². The van der Waals surface area contributed by atoms with Crippen LogP contribution in [0.3, 0.4) is 0 Å². The van der Waals surface area contributed by atoms with Crippen molar-refractivity contribution in [1.82, 2.24) is 0 Å². The van der Waals surface area contributed by atoms with E-state index in [1.165, 1.54) is 0 Å². The second kappa shape index (κ2) is 7.61. The zero-order valence-corrected chi connectivity index (χ0v) is 13.8. The lowest BCUT2D eigenvalue weighted by Gasteiger charge is -2.09. The van der Waals surface area contributed by atoms with Gasteiger partial charge in [-0.3, -0.25) is 14.9 Å². The van der Waals surface area contributed by atoms with Gasteiger partial charge in [-0.1, -0.05) is 36.4 Å². The molecule has 0 heterocycles. The molecule has 3 aromatic rings. The molecule has 0 unspecified atom stereocenters. The Morgan fingerprint density at radius 3 is 2.59 bits per heavy atom. The second-order valence-electron chi connectivity index (χ2n) is 5.57. The van der Waals surface area contributed by atoms with E-state index < -0.39 is 29.2 Å². The van der Waals surface area contributed by atoms with E-state index >= 15 is 0 Å². The number of nitro benzene ring substituents is 1. The Balaban J connectivity index is 1.68. The van der Waals surface area contributed by atoms with Crippen molar-refractivity contribution in [3.8, 4) is 0 Å². The minimum atomic E-state index is -0.839. The highest BCUT2D eigenvalue weighted by Gasteiger charge is 2.16. The van der Waals surface area contributed by atoms with Crippen molar-refractivity contribution in [1.29, 1.82) is 0 Å². The highest BCUT2D eigenvalue weighted by molar-refractivity contribution is 6.05. The largest absolute Gasteiger partial charge is 0.452 e. The Bertz CT molecular complexity index is 1050. The van der Waals surface area contributed by atoms with Crippen LogP contribution in [0.25, 0.3) is 10.8 Å². The molecule has 8 heteroatoms. The molecule has 1 N–H and O–H groups in total. The molecule has 0 fully saturated rings. The van der Waals surface area contributed by atoms with Gasteiger partial charge in [0.25, 0.3) is 11.6 Å². The highest BCUT2D eigenvalue weighted by Crippen LogP contribution is 2.22. The van der Waals surface area contributed by atoms with Crippen molar-refractivity contribution < 1.29 is 23.6 Å². The first-order valence-electron chi connectivity index (χ1n) is 7.84. The van der Waals surface area contributed by atoms with Crippen LogP contribution in [-0.4, -0.2) is 23.4 Å². The number of hydrogen-bond acceptors (Lipinski definition) is 5. The Hall–Kier alpha value is -3.81. The van der Waals surface area contributed by atoms with E-state index in [2.05, 4.69) is 5.32 Å². The fourth-order valence-electron chi connectivity index (χ4n) is 2.52. The van der Waals surface area contributed by atoms with E-state index in [0.717, 1.165) is 23.6 Å². The number of fused-ring (bicyclic) bond motifs is 1. The molecule has 0 radical (unpaired) electrons. The normalized spacial score (nSPS) is 10.4. The van der Waals surface area contributed by atoms with Gasteiger partial charge in [0.2, 0.25) is 0 Å². The standard InChI is InChI=1S/C19H13FN2O5/c20-16-9-8-13(22(25)26)10-17(16)21-18(23)11-27-19(24)15-7-3-5-12-4-1-2-6-14(12)15/h1-10H,11H2,(H,21,23). The number of carbonyl (C=O) groups is 2. The van der Waals surface area contributed by atoms with Crippen LogP contribution in [0.15, 0.2) is 60.7 Å². The SMILES string of the molecule is O=C(COC(=O)c1cccc2ccccc12)Nc1cc([N+](=O)[O-])ccc1F. The molecule has 7 nitrogen and oxygen atoms in total. The zero-order valence-electron chi connectivity index (χ0n) is 13.8. The molecule has 0 spiro atoms. The fourth-order valence-corrected chi connectivity index (χ4v) is 2.52. The molecule has 27 heavy (non-hydrogen) atoms. The lowest BCUT2D eigenvalue weighted by atomic mass is 10.1. The highest BCUT2D eigenvalue weighted by atomic mass is 19.1. The lowest BCUT2D eigenvalue weighted by molar-refractivity contribution is -0.384. The van der Waals surface area contributed by atoms with Gasteiger partial charge in [0.1, 0.15) is 5.82 Å². The zero-order chi connectivity index (χ0) is 19.4. The van der Waals surface area contributed by atoms with Gasteiger partial charge in [-0.15, -0.1) is 0 Å². The maximum Gasteiger partial charge on any atom is 0.339 e. The minimum Gasteiger partial charge on any atom is -0.452 e. The smallest absolute Gasteiger partial charge is 0.339 e. The summed E-state index contributed by atoms with van der Waals surface area (Å²) in [5.74, 6) is -2.36. The molecule has 0 aliphatic rings. The summed E-state index contributed by atoms with van der Waals surface area (Å²) in [6, 6.07) is 15.0. The summed E-state index contributed by atoms with van der Waals surface area (Å²) < 4.78 is 18.7. The third kappa shape index (κ3) is 4.06. The Labute approximate surface area is 152 Å². The van der Waals surface area contributed by atoms with Gasteiger partial charge in [-0.05, 0) is 22.9 Å². The lowest BCUT2D eigenvalue weighted by Crippen LogP contribution is -2.21. The molecule has 0 aliphatic carbocycles. The second-order valence-corrected chi connectivity index (χ2v) is 5.57. The van der Waals surface area contributed by atoms with Crippen LogP contribution in [-0.2, 0) is 9.53 Å². The number of nitrogens with zero attached hydrogens (tertiary/aromatic N) is 1. The number of anilines is 1. The number of esters is 1. The van der Waals surface area contributed by atoms with Crippen LogP contribution < -0.4 is 5.32 Å². The van der Waals surface area contributed by atoms with Gasteiger partial charge in [-0.25, -0.2) is 9.18 Å². The fraction of sp³-hybridized carbons (Fsp3) is 0.0526. The number of rotatable bonds is 5. The molecule has 1 amide bonds. The number of nitro groups is 1. The first-order chi connectivity index (χ1) is 13.0. The first kappa shape index (κ1) is 18.0. The minimum absolute atomic E-state index is 0.294. The van der Waals surface area contributed by atoms with Gasteiger partial charge < -0.3 is 10.1 Å². The topological polar surface area (TPSA) is 98.5 Å². The number of amides is 1. The molecule has 3 rings (SSSR count). The summed E-state index contributed by atoms with van der Waals surface area (Å²) in [6.07, 6.45) is 0. The number of non-ortho nitro benzene ring substituents is 1. The van der Waals surface area contributed by atoms with Crippen molar-refractivity contribution in [2.24, 2.45) is 0 Å². The molecule has 0 atom stereocenters. The van der Waals surface area contributed by atoms with Crippen LogP contribution in [0.2, 0.25) is 0 Å². The van der Waals surface area contributed by atoms with Crippen LogP contribution in [0.1, 0.15) is 10.4 Å². The third-order valence-corrected chi connectivity index (χ3v) is 3.78. The van der Waals surface area contributed by atoms with Crippen molar-refractivity contribution in [2.45, 2.75) is 0 Å². The van der Waals surface area contributed by atoms with Gasteiger partial charge in [-0.2, -0.15) is 0 Å². The Morgan fingerprint density at radius 2 is 1.81 bits per heavy atom. The number of ether oxygens (including phenoxy) is 1. The predicted octanol–water partition coefficient (Wildman–Crippen LogP) is 3.68. The molecule has 0 bridgehead atoms. The monoisotopic (exact) mass is 368 g/mol. The quantitative estimate of drug-likeness (QED) is 0.421. The average Bonchev–Trinajstić information content (AvgIpc) is 2.67. The number of benzene rings is 3. The molecule has 136 valence electrons. The van der Waals surface area contributed by atoms with E-state index in [1.807, 2.05) is 18.2 Å². The van der Waals surface area contributed by atoms with Crippen LogP contribution in [0.5, 0.6) is 0 Å². The van der Waals surface area contributed by atoms with Crippen LogP contribution in [0, 0.1) is 15.9 Å². The van der Waals surface area contributed by atoms with Crippen LogP contribution in [0.4, 0.5) is 15.8 Å². The first-order valence-corrected chi connectivity index (χ1v) is 7.84. The molecule has 0 aromatic heterocycles. The maximum atomic E-state index is 13.7. The molecule has 0 aliphatic heterocycles. The summed E-state index contributed by atoms with van der Waals surface area (Å²) >= 11 is 0. The molecule has 3 aromatic carbocycles. The average molecular weight is 368 g/mol. The third-order valence-electron chi connectivity index (χ3n) is 3.78. The Kier molecular flexibility index (Phi) is 5.07. The van der Waals surface area contributed by atoms with Crippen molar-refractivity contribution in [2.75, 3.05) is 11.9 Å². The number of carbonyl (C=O) groups excluding carboxylic acids is 2. The van der Waals surface area contributed by atoms with E-state index in [4.69, 9.17) is 4.74 Å². The van der Waals surface area contributed by atoms with Crippen molar-refractivity contribution >= 4 is 34.0 Å². The number of hydrogen-bond donors (Lipinski definition) is 1. The van der Waals surface area contributed by atoms with Crippen molar-refractivity contribution in [3.63, 3.8) is 0 Å². The number of halogens is 1. The van der Waals surface area contributed by atoms with E-state index in [1.54, 1.807) is 24.3 Å². The molecule has 0 saturated heterocycles. The molecule has 0 saturated carbocycles.